The average Bonchev–Trinajstić information content (AvgIpc) is 3.02. The van der Waals surface area contributed by atoms with Gasteiger partial charge in [0.15, 0.2) is 0 Å². The van der Waals surface area contributed by atoms with Crippen LogP contribution in [0.5, 0.6) is 0 Å². The highest BCUT2D eigenvalue weighted by atomic mass is 79.9. The first-order chi connectivity index (χ1) is 21.2. The first-order valence-electron chi connectivity index (χ1n) is 14.4. The number of carbonyl (C=O) groups excluding carboxylic acids is 2. The van der Waals surface area contributed by atoms with Gasteiger partial charge in [-0.05, 0) is 66.1 Å². The molecule has 1 atom stereocenters. The van der Waals surface area contributed by atoms with Gasteiger partial charge >= 0.3 is 0 Å². The van der Waals surface area contributed by atoms with Crippen LogP contribution >= 0.6 is 27.5 Å². The van der Waals surface area contributed by atoms with E-state index in [1.165, 1.54) is 29.2 Å². The molecular weight excluding hydrogens is 662 g/mol. The number of hydrogen-bond donors (Lipinski definition) is 1. The minimum Gasteiger partial charge on any atom is -0.354 e. The number of unbranched alkanes of at least 4 members (excludes halogenated alkanes) is 1. The van der Waals surface area contributed by atoms with Crippen LogP contribution in [0.4, 0.5) is 5.69 Å². The van der Waals surface area contributed by atoms with Crippen LogP contribution in [0.3, 0.4) is 0 Å². The van der Waals surface area contributed by atoms with Crippen molar-refractivity contribution >= 4 is 55.1 Å². The van der Waals surface area contributed by atoms with Crippen LogP contribution < -0.4 is 9.62 Å². The van der Waals surface area contributed by atoms with Gasteiger partial charge in [0.1, 0.15) is 12.6 Å². The number of benzene rings is 4. The summed E-state index contributed by atoms with van der Waals surface area (Å²) in [6.45, 7) is 2.09. The summed E-state index contributed by atoms with van der Waals surface area (Å²) >= 11 is 9.54. The molecule has 0 saturated heterocycles. The Hall–Kier alpha value is -3.66. The Morgan fingerprint density at radius 1 is 0.864 bits per heavy atom. The fraction of sp³-hybridized carbons (Fsp3) is 0.235. The van der Waals surface area contributed by atoms with Crippen molar-refractivity contribution in [3.05, 3.63) is 130 Å². The number of amides is 2. The quantitative estimate of drug-likeness (QED) is 0.146. The number of halogens is 2. The molecule has 0 spiro atoms. The number of nitrogens with one attached hydrogen (secondary N) is 1. The van der Waals surface area contributed by atoms with Gasteiger partial charge in [0.05, 0.1) is 10.6 Å². The molecule has 0 radical (unpaired) electrons. The summed E-state index contributed by atoms with van der Waals surface area (Å²) in [6, 6.07) is 30.4. The van der Waals surface area contributed by atoms with E-state index in [0.717, 1.165) is 32.7 Å². The van der Waals surface area contributed by atoms with Gasteiger partial charge in [0, 0.05) is 29.0 Å². The first-order valence-corrected chi connectivity index (χ1v) is 17.0. The summed E-state index contributed by atoms with van der Waals surface area (Å²) in [5, 5.41) is 3.39. The van der Waals surface area contributed by atoms with Crippen LogP contribution in [0.15, 0.2) is 119 Å². The lowest BCUT2D eigenvalue weighted by Crippen LogP contribution is -2.53. The summed E-state index contributed by atoms with van der Waals surface area (Å²) < 4.78 is 29.9. The van der Waals surface area contributed by atoms with Gasteiger partial charge in [-0.15, -0.1) is 0 Å². The number of sulfonamides is 1. The Morgan fingerprint density at radius 2 is 1.50 bits per heavy atom. The Kier molecular flexibility index (Phi) is 12.0. The molecule has 10 heteroatoms. The van der Waals surface area contributed by atoms with E-state index in [1.54, 1.807) is 30.3 Å². The molecule has 4 aromatic rings. The Labute approximate surface area is 273 Å². The lowest BCUT2D eigenvalue weighted by molar-refractivity contribution is -0.140. The van der Waals surface area contributed by atoms with Crippen LogP contribution in [-0.4, -0.2) is 44.3 Å². The molecule has 0 unspecified atom stereocenters. The van der Waals surface area contributed by atoms with Crippen molar-refractivity contribution in [2.75, 3.05) is 17.4 Å². The molecule has 0 saturated carbocycles. The summed E-state index contributed by atoms with van der Waals surface area (Å²) in [4.78, 5) is 29.7. The third-order valence-corrected chi connectivity index (χ3v) is 9.60. The SMILES string of the molecule is CCCCNC(=O)[C@H](Cc1ccccc1)N(Cc1cccc(Br)c1)C(=O)CN(c1ccccc1)S(=O)(=O)c1ccc(Cl)cc1. The van der Waals surface area contributed by atoms with Crippen LogP contribution in [0.2, 0.25) is 5.02 Å². The third-order valence-electron chi connectivity index (χ3n) is 7.07. The lowest BCUT2D eigenvalue weighted by atomic mass is 10.0. The predicted octanol–water partition coefficient (Wildman–Crippen LogP) is 6.85. The third kappa shape index (κ3) is 8.94. The molecule has 2 amide bonds. The van der Waals surface area contributed by atoms with Crippen molar-refractivity contribution in [3.63, 3.8) is 0 Å². The van der Waals surface area contributed by atoms with E-state index in [-0.39, 0.29) is 23.8 Å². The maximum absolute atomic E-state index is 14.4. The van der Waals surface area contributed by atoms with Gasteiger partial charge in [-0.1, -0.05) is 102 Å². The van der Waals surface area contributed by atoms with Crippen molar-refractivity contribution in [3.8, 4) is 0 Å². The smallest absolute Gasteiger partial charge is 0.264 e. The number of para-hydroxylation sites is 1. The molecular formula is C34H35BrClN3O4S. The van der Waals surface area contributed by atoms with Gasteiger partial charge in [0.25, 0.3) is 10.0 Å². The van der Waals surface area contributed by atoms with Gasteiger partial charge in [-0.25, -0.2) is 8.42 Å². The monoisotopic (exact) mass is 695 g/mol. The molecule has 0 aliphatic rings. The number of anilines is 1. The lowest BCUT2D eigenvalue weighted by Gasteiger charge is -2.34. The molecule has 7 nitrogen and oxygen atoms in total. The maximum Gasteiger partial charge on any atom is 0.264 e. The normalized spacial score (nSPS) is 11.9. The molecule has 0 aromatic heterocycles. The number of rotatable bonds is 14. The first kappa shape index (κ1) is 33.2. The van der Waals surface area contributed by atoms with Crippen LogP contribution in [-0.2, 0) is 32.6 Å². The number of carbonyl (C=O) groups is 2. The van der Waals surface area contributed by atoms with E-state index in [2.05, 4.69) is 21.2 Å². The Bertz CT molecular complexity index is 1640. The fourth-order valence-corrected chi connectivity index (χ4v) is 6.74. The number of nitrogens with zero attached hydrogens (tertiary/aromatic N) is 2. The largest absolute Gasteiger partial charge is 0.354 e. The highest BCUT2D eigenvalue weighted by Gasteiger charge is 2.34. The van der Waals surface area contributed by atoms with E-state index >= 15 is 0 Å². The average molecular weight is 697 g/mol. The van der Waals surface area contributed by atoms with Gasteiger partial charge in [-0.3, -0.25) is 13.9 Å². The van der Waals surface area contributed by atoms with Crippen LogP contribution in [0.1, 0.15) is 30.9 Å². The van der Waals surface area contributed by atoms with Crippen LogP contribution in [0.25, 0.3) is 0 Å². The molecule has 0 aliphatic carbocycles. The second-order valence-corrected chi connectivity index (χ2v) is 13.5. The molecule has 0 fully saturated rings. The standard InChI is InChI=1S/C34H35BrClN3O4S/c1-2-3-21-37-34(41)32(23-26-11-6-4-7-12-26)38(24-27-13-10-14-28(35)22-27)33(40)25-39(30-15-8-5-9-16-30)44(42,43)31-19-17-29(36)18-20-31/h4-20,22,32H,2-3,21,23-25H2,1H3,(H,37,41)/t32-/m0/s1. The maximum atomic E-state index is 14.4. The second kappa shape index (κ2) is 15.9. The minimum absolute atomic E-state index is 0.00441. The molecule has 4 rings (SSSR count). The summed E-state index contributed by atoms with van der Waals surface area (Å²) in [7, 11) is -4.18. The van der Waals surface area contributed by atoms with Crippen LogP contribution in [0, 0.1) is 0 Å². The Balaban J connectivity index is 1.77. The highest BCUT2D eigenvalue weighted by Crippen LogP contribution is 2.26. The van der Waals surface area contributed by atoms with Crippen molar-refractivity contribution in [2.24, 2.45) is 0 Å². The molecule has 230 valence electrons. The summed E-state index contributed by atoms with van der Waals surface area (Å²) in [5.41, 5.74) is 1.99. The topological polar surface area (TPSA) is 86.8 Å². The predicted molar refractivity (Wildman–Crippen MR) is 179 cm³/mol. The zero-order valence-electron chi connectivity index (χ0n) is 24.4. The molecule has 4 aromatic carbocycles. The van der Waals surface area contributed by atoms with Crippen molar-refractivity contribution in [1.29, 1.82) is 0 Å². The fourth-order valence-electron chi connectivity index (χ4n) is 4.75. The van der Waals surface area contributed by atoms with E-state index in [4.69, 9.17) is 11.6 Å². The molecule has 1 N–H and O–H groups in total. The minimum atomic E-state index is -4.18. The van der Waals surface area contributed by atoms with Crippen molar-refractivity contribution in [2.45, 2.75) is 43.7 Å². The molecule has 44 heavy (non-hydrogen) atoms. The second-order valence-electron chi connectivity index (χ2n) is 10.3. The Morgan fingerprint density at radius 3 is 2.14 bits per heavy atom. The van der Waals surface area contributed by atoms with Crippen molar-refractivity contribution in [1.82, 2.24) is 10.2 Å². The van der Waals surface area contributed by atoms with Crippen molar-refractivity contribution < 1.29 is 18.0 Å². The van der Waals surface area contributed by atoms with Gasteiger partial charge in [-0.2, -0.15) is 0 Å². The molecule has 0 bridgehead atoms. The number of hydrogen-bond acceptors (Lipinski definition) is 4. The summed E-state index contributed by atoms with van der Waals surface area (Å²) in [5.74, 6) is -0.810. The van der Waals surface area contributed by atoms with E-state index in [9.17, 15) is 18.0 Å². The van der Waals surface area contributed by atoms with E-state index in [0.29, 0.717) is 17.3 Å². The van der Waals surface area contributed by atoms with Gasteiger partial charge in [0.2, 0.25) is 11.8 Å². The van der Waals surface area contributed by atoms with Gasteiger partial charge < -0.3 is 10.2 Å². The van der Waals surface area contributed by atoms with E-state index in [1.807, 2.05) is 61.5 Å². The summed E-state index contributed by atoms with van der Waals surface area (Å²) in [6.07, 6.45) is 1.96. The zero-order chi connectivity index (χ0) is 31.5. The molecule has 0 heterocycles. The molecule has 0 aliphatic heterocycles. The zero-order valence-corrected chi connectivity index (χ0v) is 27.6. The van der Waals surface area contributed by atoms with E-state index < -0.39 is 28.5 Å². The highest BCUT2D eigenvalue weighted by molar-refractivity contribution is 9.10.